The maximum atomic E-state index is 10.4. The molecule has 0 amide bonds. The molecule has 0 fully saturated rings. The van der Waals surface area contributed by atoms with Crippen molar-refractivity contribution in [2.24, 2.45) is 0 Å². The summed E-state index contributed by atoms with van der Waals surface area (Å²) < 4.78 is 6.79. The maximum absolute atomic E-state index is 10.4. The number of aliphatic hydroxyl groups is 1. The van der Waals surface area contributed by atoms with E-state index in [1.54, 1.807) is 36.4 Å². The Hall–Kier alpha value is -2.40. The van der Waals surface area contributed by atoms with Crippen LogP contribution in [0, 0.1) is 0 Å². The normalized spacial score (nSPS) is 12.5. The van der Waals surface area contributed by atoms with E-state index in [-0.39, 0.29) is 0 Å². The van der Waals surface area contributed by atoms with Crippen LogP contribution in [-0.4, -0.2) is 26.8 Å². The first-order chi connectivity index (χ1) is 9.29. The molecule has 5 nitrogen and oxygen atoms in total. The van der Waals surface area contributed by atoms with Gasteiger partial charge in [-0.3, -0.25) is 4.98 Å². The Labute approximate surface area is 110 Å². The molecule has 3 aromatic rings. The Morgan fingerprint density at radius 2 is 2.00 bits per heavy atom. The van der Waals surface area contributed by atoms with Gasteiger partial charge in [0.1, 0.15) is 11.9 Å². The number of ether oxygens (including phenoxy) is 1. The van der Waals surface area contributed by atoms with Gasteiger partial charge in [-0.05, 0) is 17.7 Å². The molecule has 3 rings (SSSR count). The van der Waals surface area contributed by atoms with Crippen molar-refractivity contribution < 1.29 is 9.84 Å². The topological polar surface area (TPSA) is 59.7 Å². The van der Waals surface area contributed by atoms with Crippen LogP contribution in [0.5, 0.6) is 5.75 Å². The molecular weight excluding hydrogens is 242 g/mol. The molecule has 1 aromatic carbocycles. The molecule has 5 heteroatoms. The molecule has 1 atom stereocenters. The Morgan fingerprint density at radius 1 is 1.21 bits per heavy atom. The molecule has 2 heterocycles. The predicted molar refractivity (Wildman–Crippen MR) is 70.0 cm³/mol. The standard InChI is InChI=1S/C14H13N3O2/c1-19-11-4-2-10(3-5-11)14(18)12-8-16-17-7-6-15-9-13(12)17/h2-9,14,18H,1H3. The number of hydrogen-bond acceptors (Lipinski definition) is 4. The van der Waals surface area contributed by atoms with E-state index in [1.807, 2.05) is 24.3 Å². The number of benzene rings is 1. The smallest absolute Gasteiger partial charge is 0.118 e. The van der Waals surface area contributed by atoms with E-state index in [4.69, 9.17) is 4.74 Å². The van der Waals surface area contributed by atoms with Gasteiger partial charge >= 0.3 is 0 Å². The summed E-state index contributed by atoms with van der Waals surface area (Å²) in [5.74, 6) is 0.762. The van der Waals surface area contributed by atoms with Crippen molar-refractivity contribution in [1.82, 2.24) is 14.6 Å². The molecule has 1 unspecified atom stereocenters. The van der Waals surface area contributed by atoms with Gasteiger partial charge in [0.2, 0.25) is 0 Å². The maximum Gasteiger partial charge on any atom is 0.118 e. The molecule has 0 aliphatic heterocycles. The van der Waals surface area contributed by atoms with Gasteiger partial charge < -0.3 is 9.84 Å². The average Bonchev–Trinajstić information content (AvgIpc) is 2.90. The third-order valence-electron chi connectivity index (χ3n) is 3.08. The lowest BCUT2D eigenvalue weighted by Crippen LogP contribution is -1.99. The minimum atomic E-state index is -0.729. The molecule has 96 valence electrons. The van der Waals surface area contributed by atoms with Crippen molar-refractivity contribution in [2.75, 3.05) is 7.11 Å². The molecular formula is C14H13N3O2. The Morgan fingerprint density at radius 3 is 2.74 bits per heavy atom. The molecule has 0 saturated heterocycles. The van der Waals surface area contributed by atoms with Crippen molar-refractivity contribution in [3.63, 3.8) is 0 Å². The van der Waals surface area contributed by atoms with Crippen LogP contribution in [0.3, 0.4) is 0 Å². The van der Waals surface area contributed by atoms with Gasteiger partial charge in [0.05, 0.1) is 25.0 Å². The monoisotopic (exact) mass is 255 g/mol. The van der Waals surface area contributed by atoms with Gasteiger partial charge in [0.25, 0.3) is 0 Å². The van der Waals surface area contributed by atoms with Crippen LogP contribution in [0.4, 0.5) is 0 Å². The molecule has 2 aromatic heterocycles. The van der Waals surface area contributed by atoms with E-state index < -0.39 is 6.10 Å². The number of aromatic nitrogens is 3. The molecule has 0 aliphatic carbocycles. The molecule has 0 aliphatic rings. The highest BCUT2D eigenvalue weighted by atomic mass is 16.5. The lowest BCUT2D eigenvalue weighted by atomic mass is 10.0. The summed E-state index contributed by atoms with van der Waals surface area (Å²) in [7, 11) is 1.61. The third kappa shape index (κ3) is 2.04. The summed E-state index contributed by atoms with van der Waals surface area (Å²) in [5, 5.41) is 14.6. The van der Waals surface area contributed by atoms with Crippen LogP contribution >= 0.6 is 0 Å². The van der Waals surface area contributed by atoms with Crippen LogP contribution in [0.1, 0.15) is 17.2 Å². The Bertz CT molecular complexity index is 691. The van der Waals surface area contributed by atoms with Crippen LogP contribution in [0.2, 0.25) is 0 Å². The molecule has 0 radical (unpaired) electrons. The first-order valence-corrected chi connectivity index (χ1v) is 5.89. The second-order valence-electron chi connectivity index (χ2n) is 4.18. The minimum Gasteiger partial charge on any atom is -0.497 e. The van der Waals surface area contributed by atoms with Gasteiger partial charge in [-0.25, -0.2) is 4.52 Å². The molecule has 0 saturated carbocycles. The van der Waals surface area contributed by atoms with E-state index >= 15 is 0 Å². The minimum absolute atomic E-state index is 0.729. The second-order valence-corrected chi connectivity index (χ2v) is 4.18. The largest absolute Gasteiger partial charge is 0.497 e. The quantitative estimate of drug-likeness (QED) is 0.775. The zero-order valence-corrected chi connectivity index (χ0v) is 10.4. The number of methoxy groups -OCH3 is 1. The lowest BCUT2D eigenvalue weighted by Gasteiger charge is -2.10. The highest BCUT2D eigenvalue weighted by Gasteiger charge is 2.15. The lowest BCUT2D eigenvalue weighted by molar-refractivity contribution is 0.221. The van der Waals surface area contributed by atoms with Crippen LogP contribution in [-0.2, 0) is 0 Å². The fraction of sp³-hybridized carbons (Fsp3) is 0.143. The van der Waals surface area contributed by atoms with E-state index in [0.29, 0.717) is 0 Å². The van der Waals surface area contributed by atoms with Crippen LogP contribution in [0.25, 0.3) is 5.52 Å². The number of hydrogen-bond donors (Lipinski definition) is 1. The highest BCUT2D eigenvalue weighted by molar-refractivity contribution is 5.55. The number of rotatable bonds is 3. The fourth-order valence-electron chi connectivity index (χ4n) is 2.03. The fourth-order valence-corrected chi connectivity index (χ4v) is 2.03. The predicted octanol–water partition coefficient (Wildman–Crippen LogP) is 1.82. The summed E-state index contributed by atoms with van der Waals surface area (Å²) >= 11 is 0. The van der Waals surface area contributed by atoms with E-state index in [0.717, 1.165) is 22.4 Å². The Balaban J connectivity index is 2.00. The molecule has 1 N–H and O–H groups in total. The molecule has 19 heavy (non-hydrogen) atoms. The van der Waals surface area contributed by atoms with E-state index in [2.05, 4.69) is 10.1 Å². The van der Waals surface area contributed by atoms with Crippen LogP contribution < -0.4 is 4.74 Å². The zero-order chi connectivity index (χ0) is 13.2. The number of aliphatic hydroxyl groups excluding tert-OH is 1. The zero-order valence-electron chi connectivity index (χ0n) is 10.4. The molecule has 0 bridgehead atoms. The third-order valence-corrected chi connectivity index (χ3v) is 3.08. The summed E-state index contributed by atoms with van der Waals surface area (Å²) in [6.07, 6.45) is 6.03. The molecule has 0 spiro atoms. The van der Waals surface area contributed by atoms with Gasteiger partial charge in [-0.2, -0.15) is 5.10 Å². The van der Waals surface area contributed by atoms with Crippen LogP contribution in [0.15, 0.2) is 49.1 Å². The van der Waals surface area contributed by atoms with Crippen molar-refractivity contribution in [2.45, 2.75) is 6.10 Å². The first kappa shape index (κ1) is 11.7. The van der Waals surface area contributed by atoms with E-state index in [9.17, 15) is 5.11 Å². The van der Waals surface area contributed by atoms with Gasteiger partial charge in [-0.1, -0.05) is 12.1 Å². The Kier molecular flexibility index (Phi) is 2.89. The second kappa shape index (κ2) is 4.70. The van der Waals surface area contributed by atoms with Gasteiger partial charge in [0, 0.05) is 18.0 Å². The average molecular weight is 255 g/mol. The number of nitrogens with zero attached hydrogens (tertiary/aromatic N) is 3. The SMILES string of the molecule is COc1ccc(C(O)c2cnn3ccncc23)cc1. The van der Waals surface area contributed by atoms with Crippen molar-refractivity contribution in [3.05, 3.63) is 60.2 Å². The first-order valence-electron chi connectivity index (χ1n) is 5.89. The highest BCUT2D eigenvalue weighted by Crippen LogP contribution is 2.26. The van der Waals surface area contributed by atoms with Crippen molar-refractivity contribution in [1.29, 1.82) is 0 Å². The summed E-state index contributed by atoms with van der Waals surface area (Å²) in [5.41, 5.74) is 2.32. The number of fused-ring (bicyclic) bond motifs is 1. The van der Waals surface area contributed by atoms with Crippen molar-refractivity contribution >= 4 is 5.52 Å². The summed E-state index contributed by atoms with van der Waals surface area (Å²) in [6.45, 7) is 0. The summed E-state index contributed by atoms with van der Waals surface area (Å²) in [4.78, 5) is 4.06. The van der Waals surface area contributed by atoms with Gasteiger partial charge in [-0.15, -0.1) is 0 Å². The van der Waals surface area contributed by atoms with E-state index in [1.165, 1.54) is 0 Å². The van der Waals surface area contributed by atoms with Crippen molar-refractivity contribution in [3.8, 4) is 5.75 Å². The summed E-state index contributed by atoms with van der Waals surface area (Å²) in [6, 6.07) is 7.32. The van der Waals surface area contributed by atoms with Gasteiger partial charge in [0.15, 0.2) is 0 Å².